The van der Waals surface area contributed by atoms with E-state index >= 15 is 0 Å². The minimum absolute atomic E-state index is 0.132. The summed E-state index contributed by atoms with van der Waals surface area (Å²) in [5.74, 6) is 0. The lowest BCUT2D eigenvalue weighted by Gasteiger charge is -2.00. The second-order valence-electron chi connectivity index (χ2n) is 4.48. The lowest BCUT2D eigenvalue weighted by atomic mass is 10.2. The molecule has 21 heavy (non-hydrogen) atoms. The van der Waals surface area contributed by atoms with Gasteiger partial charge in [0.2, 0.25) is 0 Å². The van der Waals surface area contributed by atoms with E-state index < -0.39 is 14.8 Å². The quantitative estimate of drug-likeness (QED) is 0.641. The Hall–Kier alpha value is -2.47. The highest BCUT2D eigenvalue weighted by molar-refractivity contribution is 7.94. The van der Waals surface area contributed by atoms with Gasteiger partial charge in [0.05, 0.1) is 15.4 Å². The Balaban J connectivity index is 2.37. The first-order valence-corrected chi connectivity index (χ1v) is 7.68. The maximum Gasteiger partial charge on any atom is 0.276 e. The van der Waals surface area contributed by atoms with Crippen LogP contribution in [0, 0.1) is 17.0 Å². The average Bonchev–Trinajstić information content (AvgIpc) is 2.46. The fourth-order valence-electron chi connectivity index (χ4n) is 1.76. The smallest absolute Gasteiger partial charge is 0.258 e. The highest BCUT2D eigenvalue weighted by atomic mass is 32.2. The van der Waals surface area contributed by atoms with E-state index in [4.69, 9.17) is 0 Å². The highest BCUT2D eigenvalue weighted by Gasteiger charge is 2.13. The third-order valence-electron chi connectivity index (χ3n) is 2.91. The van der Waals surface area contributed by atoms with E-state index in [1.54, 1.807) is 18.2 Å². The van der Waals surface area contributed by atoms with Gasteiger partial charge in [-0.1, -0.05) is 29.8 Å². The van der Waals surface area contributed by atoms with Crippen molar-refractivity contribution in [1.29, 1.82) is 0 Å². The molecule has 0 aliphatic rings. The van der Waals surface area contributed by atoms with Crippen LogP contribution >= 0.6 is 0 Å². The second kappa shape index (κ2) is 5.88. The molecule has 0 saturated carbocycles. The summed E-state index contributed by atoms with van der Waals surface area (Å²) in [7, 11) is -3.62. The third kappa shape index (κ3) is 3.55. The first-order chi connectivity index (χ1) is 9.90. The van der Waals surface area contributed by atoms with E-state index in [2.05, 4.69) is 0 Å². The standard InChI is InChI=1S/C15H13NO4S/c1-12-6-8-14(9-7-12)21(19,20)11-10-13-4-2-3-5-15(13)16(17)18/h2-11H,1H3/b11-10+. The Morgan fingerprint density at radius 1 is 1.05 bits per heavy atom. The van der Waals surface area contributed by atoms with Crippen LogP contribution in [0.25, 0.3) is 6.08 Å². The highest BCUT2D eigenvalue weighted by Crippen LogP contribution is 2.21. The van der Waals surface area contributed by atoms with Gasteiger partial charge in [0, 0.05) is 11.5 Å². The van der Waals surface area contributed by atoms with Gasteiger partial charge in [-0.15, -0.1) is 0 Å². The molecule has 0 amide bonds. The van der Waals surface area contributed by atoms with Crippen LogP contribution in [0.2, 0.25) is 0 Å². The lowest BCUT2D eigenvalue weighted by molar-refractivity contribution is -0.385. The number of nitrogens with zero attached hydrogens (tertiary/aromatic N) is 1. The fourth-order valence-corrected chi connectivity index (χ4v) is 2.76. The van der Waals surface area contributed by atoms with E-state index in [1.807, 2.05) is 6.92 Å². The molecule has 0 radical (unpaired) electrons. The molecule has 5 nitrogen and oxygen atoms in total. The Morgan fingerprint density at radius 3 is 2.29 bits per heavy atom. The van der Waals surface area contributed by atoms with Gasteiger partial charge in [0.25, 0.3) is 5.69 Å². The number of benzene rings is 2. The summed E-state index contributed by atoms with van der Waals surface area (Å²) in [6.07, 6.45) is 1.24. The number of hydrogen-bond donors (Lipinski definition) is 0. The molecule has 2 aromatic rings. The van der Waals surface area contributed by atoms with Crippen molar-refractivity contribution >= 4 is 21.6 Å². The SMILES string of the molecule is Cc1ccc(S(=O)(=O)/C=C/c2ccccc2[N+](=O)[O-])cc1. The molecule has 0 aliphatic heterocycles. The van der Waals surface area contributed by atoms with Crippen molar-refractivity contribution in [2.24, 2.45) is 0 Å². The average molecular weight is 303 g/mol. The predicted molar refractivity (Wildman–Crippen MR) is 80.5 cm³/mol. The van der Waals surface area contributed by atoms with Gasteiger partial charge in [0.1, 0.15) is 0 Å². The largest absolute Gasteiger partial charge is 0.276 e. The summed E-state index contributed by atoms with van der Waals surface area (Å²) in [6.45, 7) is 1.86. The molecule has 0 fully saturated rings. The zero-order chi connectivity index (χ0) is 15.5. The van der Waals surface area contributed by atoms with Gasteiger partial charge in [0.15, 0.2) is 9.84 Å². The van der Waals surface area contributed by atoms with Crippen LogP contribution in [0.3, 0.4) is 0 Å². The maximum atomic E-state index is 12.1. The van der Waals surface area contributed by atoms with E-state index in [1.165, 1.54) is 36.4 Å². The molecule has 2 aromatic carbocycles. The number of rotatable bonds is 4. The molecule has 0 aromatic heterocycles. The van der Waals surface area contributed by atoms with Crippen LogP contribution in [0.15, 0.2) is 58.8 Å². The summed E-state index contributed by atoms with van der Waals surface area (Å²) >= 11 is 0. The first kappa shape index (κ1) is 14.9. The molecule has 2 rings (SSSR count). The minimum Gasteiger partial charge on any atom is -0.258 e. The normalized spacial score (nSPS) is 11.7. The number of aryl methyl sites for hydroxylation is 1. The molecule has 0 spiro atoms. The van der Waals surface area contributed by atoms with Crippen molar-refractivity contribution in [3.63, 3.8) is 0 Å². The van der Waals surface area contributed by atoms with Crippen molar-refractivity contribution in [2.45, 2.75) is 11.8 Å². The van der Waals surface area contributed by atoms with Crippen LogP contribution in [-0.2, 0) is 9.84 Å². The summed E-state index contributed by atoms with van der Waals surface area (Å²) in [6, 6.07) is 12.4. The molecule has 108 valence electrons. The van der Waals surface area contributed by atoms with Crippen LogP contribution < -0.4 is 0 Å². The number of nitro benzene ring substituents is 1. The zero-order valence-electron chi connectivity index (χ0n) is 11.3. The Morgan fingerprint density at radius 2 is 1.67 bits per heavy atom. The lowest BCUT2D eigenvalue weighted by Crippen LogP contribution is -1.96. The van der Waals surface area contributed by atoms with E-state index in [-0.39, 0.29) is 16.1 Å². The third-order valence-corrected chi connectivity index (χ3v) is 4.33. The van der Waals surface area contributed by atoms with Crippen LogP contribution in [0.5, 0.6) is 0 Å². The van der Waals surface area contributed by atoms with Crippen molar-refractivity contribution in [3.8, 4) is 0 Å². The first-order valence-electron chi connectivity index (χ1n) is 6.13. The van der Waals surface area contributed by atoms with Gasteiger partial charge in [-0.05, 0) is 31.2 Å². The fraction of sp³-hybridized carbons (Fsp3) is 0.0667. The monoisotopic (exact) mass is 303 g/mol. The molecule has 0 atom stereocenters. The number of nitro groups is 1. The zero-order valence-corrected chi connectivity index (χ0v) is 12.1. The number of sulfone groups is 1. The van der Waals surface area contributed by atoms with E-state index in [9.17, 15) is 18.5 Å². The van der Waals surface area contributed by atoms with E-state index in [0.29, 0.717) is 0 Å². The number of para-hydroxylation sites is 1. The van der Waals surface area contributed by atoms with Crippen LogP contribution in [0.4, 0.5) is 5.69 Å². The molecule has 0 N–H and O–H groups in total. The van der Waals surface area contributed by atoms with Crippen LogP contribution in [-0.4, -0.2) is 13.3 Å². The Kier molecular flexibility index (Phi) is 4.18. The molecule has 0 heterocycles. The number of hydrogen-bond acceptors (Lipinski definition) is 4. The van der Waals surface area contributed by atoms with Gasteiger partial charge in [-0.2, -0.15) is 0 Å². The Labute approximate surface area is 122 Å². The summed E-state index contributed by atoms with van der Waals surface area (Å²) in [4.78, 5) is 10.5. The molecule has 0 saturated heterocycles. The van der Waals surface area contributed by atoms with Crippen molar-refractivity contribution in [2.75, 3.05) is 0 Å². The molecule has 0 unspecified atom stereocenters. The molecule has 0 aliphatic carbocycles. The minimum atomic E-state index is -3.62. The predicted octanol–water partition coefficient (Wildman–Crippen LogP) is 3.35. The topological polar surface area (TPSA) is 77.3 Å². The molecule has 0 bridgehead atoms. The molecular formula is C15H13NO4S. The molecule has 6 heteroatoms. The summed E-state index contributed by atoms with van der Waals surface area (Å²) < 4.78 is 24.3. The summed E-state index contributed by atoms with van der Waals surface area (Å²) in [5, 5.41) is 11.9. The van der Waals surface area contributed by atoms with E-state index in [0.717, 1.165) is 11.0 Å². The van der Waals surface area contributed by atoms with Gasteiger partial charge >= 0.3 is 0 Å². The van der Waals surface area contributed by atoms with Crippen molar-refractivity contribution in [3.05, 3.63) is 75.2 Å². The van der Waals surface area contributed by atoms with Crippen LogP contribution in [0.1, 0.15) is 11.1 Å². The van der Waals surface area contributed by atoms with Gasteiger partial charge in [-0.3, -0.25) is 10.1 Å². The van der Waals surface area contributed by atoms with Gasteiger partial charge < -0.3 is 0 Å². The summed E-state index contributed by atoms with van der Waals surface area (Å²) in [5.41, 5.74) is 1.07. The van der Waals surface area contributed by atoms with Gasteiger partial charge in [-0.25, -0.2) is 8.42 Å². The Bertz CT molecular complexity index is 793. The van der Waals surface area contributed by atoms with Crippen molar-refractivity contribution in [1.82, 2.24) is 0 Å². The molecular weight excluding hydrogens is 290 g/mol. The van der Waals surface area contributed by atoms with Crippen molar-refractivity contribution < 1.29 is 13.3 Å². The maximum absolute atomic E-state index is 12.1. The second-order valence-corrected chi connectivity index (χ2v) is 6.31.